The molecule has 1 fully saturated rings. The highest BCUT2D eigenvalue weighted by Gasteiger charge is 2.25. The third kappa shape index (κ3) is 4.54. The fourth-order valence-corrected chi connectivity index (χ4v) is 5.07. The Morgan fingerprint density at radius 2 is 1.85 bits per heavy atom. The van der Waals surface area contributed by atoms with Gasteiger partial charge in [-0.05, 0) is 60.9 Å². The molecule has 170 valence electrons. The minimum atomic E-state index is -0.0817. The number of hydrogen-bond donors (Lipinski definition) is 2. The Hall–Kier alpha value is -3.09. The van der Waals surface area contributed by atoms with E-state index in [0.717, 1.165) is 54.3 Å². The maximum Gasteiger partial charge on any atom is 0.326 e. The Morgan fingerprint density at radius 3 is 2.64 bits per heavy atom. The first kappa shape index (κ1) is 21.7. The highest BCUT2D eigenvalue weighted by atomic mass is 35.5. The van der Waals surface area contributed by atoms with Crippen molar-refractivity contribution < 1.29 is 4.79 Å². The fraction of sp³-hybridized carbons (Fsp3) is 0.308. The second-order valence-electron chi connectivity index (χ2n) is 8.93. The molecule has 2 heterocycles. The Morgan fingerprint density at radius 1 is 1.09 bits per heavy atom. The van der Waals surface area contributed by atoms with Crippen LogP contribution in [0.25, 0.3) is 21.8 Å². The lowest BCUT2D eigenvalue weighted by atomic mass is 10.0. The molecule has 7 heteroatoms. The molecule has 5 rings (SSSR count). The molecule has 0 unspecified atom stereocenters. The van der Waals surface area contributed by atoms with Crippen molar-refractivity contribution in [1.82, 2.24) is 19.8 Å². The number of carbonyl (C=O) groups is 1. The van der Waals surface area contributed by atoms with E-state index < -0.39 is 0 Å². The molecule has 0 bridgehead atoms. The average molecular weight is 463 g/mol. The van der Waals surface area contributed by atoms with Gasteiger partial charge in [0.25, 0.3) is 5.91 Å². The summed E-state index contributed by atoms with van der Waals surface area (Å²) in [6.07, 6.45) is 1.78. The van der Waals surface area contributed by atoms with Crippen LogP contribution in [0, 0.1) is 0 Å². The molecule has 0 radical (unpaired) electrons. The number of nitrogens with zero attached hydrogens (tertiary/aromatic N) is 2. The van der Waals surface area contributed by atoms with E-state index in [1.807, 2.05) is 66.1 Å². The molecule has 4 aromatic rings. The number of imidazole rings is 1. The Bertz CT molecular complexity index is 1370. The van der Waals surface area contributed by atoms with Crippen LogP contribution in [0.3, 0.4) is 0 Å². The van der Waals surface area contributed by atoms with Crippen molar-refractivity contribution in [3.8, 4) is 0 Å². The largest absolute Gasteiger partial charge is 0.348 e. The molecular formula is C26H27ClN4O2. The third-order valence-corrected chi connectivity index (χ3v) is 6.76. The summed E-state index contributed by atoms with van der Waals surface area (Å²) in [6, 6.07) is 19.6. The van der Waals surface area contributed by atoms with Crippen LogP contribution in [0.1, 0.15) is 36.2 Å². The number of halogens is 1. The summed E-state index contributed by atoms with van der Waals surface area (Å²) in [5, 5.41) is 5.94. The minimum absolute atomic E-state index is 0.0264. The van der Waals surface area contributed by atoms with Crippen LogP contribution >= 0.6 is 11.6 Å². The fourth-order valence-electron chi connectivity index (χ4n) is 4.90. The third-order valence-electron chi connectivity index (χ3n) is 6.52. The summed E-state index contributed by atoms with van der Waals surface area (Å²) >= 11 is 6.07. The van der Waals surface area contributed by atoms with Crippen molar-refractivity contribution in [1.29, 1.82) is 0 Å². The number of H-pyrrole nitrogens is 1. The lowest BCUT2D eigenvalue weighted by Gasteiger charge is -2.34. The number of aromatic amines is 1. The van der Waals surface area contributed by atoms with Gasteiger partial charge >= 0.3 is 5.69 Å². The standard InChI is InChI=1S/C26H27ClN4O2/c1-17(28-25(32)20-7-6-18-4-2-3-5-19(18)14-20)16-30-12-10-22(11-13-30)31-24-9-8-21(27)15-23(24)29-26(31)33/h2-9,14-15,17,22H,10-13,16H2,1H3,(H,28,32)(H,29,33)/t17-/m0/s1. The molecule has 0 aliphatic carbocycles. The molecular weight excluding hydrogens is 436 g/mol. The number of likely N-dealkylation sites (tertiary alicyclic amines) is 1. The average Bonchev–Trinajstić information content (AvgIpc) is 3.13. The minimum Gasteiger partial charge on any atom is -0.348 e. The lowest BCUT2D eigenvalue weighted by molar-refractivity contribution is 0.0921. The van der Waals surface area contributed by atoms with Gasteiger partial charge in [0.15, 0.2) is 0 Å². The van der Waals surface area contributed by atoms with E-state index in [4.69, 9.17) is 11.6 Å². The summed E-state index contributed by atoms with van der Waals surface area (Å²) in [4.78, 5) is 30.6. The highest BCUT2D eigenvalue weighted by Crippen LogP contribution is 2.26. The van der Waals surface area contributed by atoms with Gasteiger partial charge < -0.3 is 15.2 Å². The van der Waals surface area contributed by atoms with E-state index in [2.05, 4.69) is 15.2 Å². The van der Waals surface area contributed by atoms with Gasteiger partial charge in [0.2, 0.25) is 0 Å². The van der Waals surface area contributed by atoms with Crippen LogP contribution in [-0.2, 0) is 0 Å². The zero-order valence-corrected chi connectivity index (χ0v) is 19.3. The molecule has 1 atom stereocenters. The number of fused-ring (bicyclic) bond motifs is 2. The molecule has 1 aliphatic heterocycles. The van der Waals surface area contributed by atoms with Gasteiger partial charge in [0.05, 0.1) is 11.0 Å². The van der Waals surface area contributed by atoms with E-state index in [-0.39, 0.29) is 23.7 Å². The number of piperidine rings is 1. The number of benzene rings is 3. The number of carbonyl (C=O) groups excluding carboxylic acids is 1. The van der Waals surface area contributed by atoms with Crippen molar-refractivity contribution in [3.05, 3.63) is 81.7 Å². The monoisotopic (exact) mass is 462 g/mol. The number of rotatable bonds is 5. The van der Waals surface area contributed by atoms with Gasteiger partial charge in [-0.2, -0.15) is 0 Å². The molecule has 0 saturated carbocycles. The van der Waals surface area contributed by atoms with Crippen LogP contribution in [0.15, 0.2) is 65.5 Å². The number of nitrogens with one attached hydrogen (secondary N) is 2. The molecule has 1 aliphatic rings. The van der Waals surface area contributed by atoms with Gasteiger partial charge in [-0.1, -0.05) is 41.9 Å². The van der Waals surface area contributed by atoms with Crippen molar-refractivity contribution in [2.24, 2.45) is 0 Å². The highest BCUT2D eigenvalue weighted by molar-refractivity contribution is 6.31. The molecule has 1 aromatic heterocycles. The van der Waals surface area contributed by atoms with E-state index in [0.29, 0.717) is 10.6 Å². The number of hydrogen-bond acceptors (Lipinski definition) is 3. The molecule has 2 N–H and O–H groups in total. The Balaban J connectivity index is 1.18. The van der Waals surface area contributed by atoms with E-state index in [1.54, 1.807) is 6.07 Å². The smallest absolute Gasteiger partial charge is 0.326 e. The summed E-state index contributed by atoms with van der Waals surface area (Å²) in [7, 11) is 0. The van der Waals surface area contributed by atoms with Crippen molar-refractivity contribution in [2.45, 2.75) is 31.8 Å². The van der Waals surface area contributed by atoms with E-state index in [1.165, 1.54) is 0 Å². The van der Waals surface area contributed by atoms with Crippen LogP contribution in [0.4, 0.5) is 0 Å². The quantitative estimate of drug-likeness (QED) is 0.455. The predicted octanol–water partition coefficient (Wildman–Crippen LogP) is 4.59. The lowest BCUT2D eigenvalue weighted by Crippen LogP contribution is -2.45. The first-order valence-electron chi connectivity index (χ1n) is 11.4. The summed E-state index contributed by atoms with van der Waals surface area (Å²) in [5.74, 6) is -0.0489. The van der Waals surface area contributed by atoms with Crippen molar-refractivity contribution >= 4 is 39.3 Å². The van der Waals surface area contributed by atoms with Gasteiger partial charge in [-0.3, -0.25) is 9.36 Å². The predicted molar refractivity (Wildman–Crippen MR) is 133 cm³/mol. The molecule has 33 heavy (non-hydrogen) atoms. The van der Waals surface area contributed by atoms with Crippen molar-refractivity contribution in [2.75, 3.05) is 19.6 Å². The Kier molecular flexibility index (Phi) is 5.96. The maximum absolute atomic E-state index is 12.8. The van der Waals surface area contributed by atoms with Gasteiger partial charge in [0, 0.05) is 42.3 Å². The maximum atomic E-state index is 12.8. The number of aromatic nitrogens is 2. The SMILES string of the molecule is C[C@@H](CN1CCC(n2c(=O)[nH]c3cc(Cl)ccc32)CC1)NC(=O)c1ccc2ccccc2c1. The second kappa shape index (κ2) is 9.04. The first-order chi connectivity index (χ1) is 16.0. The van der Waals surface area contributed by atoms with E-state index >= 15 is 0 Å². The summed E-state index contributed by atoms with van der Waals surface area (Å²) in [6.45, 7) is 4.59. The normalized spacial score (nSPS) is 16.3. The summed E-state index contributed by atoms with van der Waals surface area (Å²) < 4.78 is 1.87. The second-order valence-corrected chi connectivity index (χ2v) is 9.37. The van der Waals surface area contributed by atoms with Gasteiger partial charge in [0.1, 0.15) is 0 Å². The zero-order valence-electron chi connectivity index (χ0n) is 18.6. The summed E-state index contributed by atoms with van der Waals surface area (Å²) in [5.41, 5.74) is 2.28. The molecule has 0 spiro atoms. The zero-order chi connectivity index (χ0) is 22.9. The molecule has 1 saturated heterocycles. The Labute approximate surface area is 197 Å². The van der Waals surface area contributed by atoms with Gasteiger partial charge in [-0.25, -0.2) is 4.79 Å². The van der Waals surface area contributed by atoms with Gasteiger partial charge in [-0.15, -0.1) is 0 Å². The van der Waals surface area contributed by atoms with Crippen LogP contribution in [0.5, 0.6) is 0 Å². The van der Waals surface area contributed by atoms with Crippen molar-refractivity contribution in [3.63, 3.8) is 0 Å². The van der Waals surface area contributed by atoms with Crippen LogP contribution in [-0.4, -0.2) is 46.0 Å². The molecule has 1 amide bonds. The molecule has 3 aromatic carbocycles. The molecule has 6 nitrogen and oxygen atoms in total. The van der Waals surface area contributed by atoms with Crippen LogP contribution < -0.4 is 11.0 Å². The van der Waals surface area contributed by atoms with E-state index in [9.17, 15) is 9.59 Å². The number of amides is 1. The topological polar surface area (TPSA) is 70.1 Å². The first-order valence-corrected chi connectivity index (χ1v) is 11.8. The van der Waals surface area contributed by atoms with Crippen LogP contribution in [0.2, 0.25) is 5.02 Å².